The molecule has 3 aromatic rings. The Morgan fingerprint density at radius 1 is 0.972 bits per heavy atom. The van der Waals surface area contributed by atoms with Crippen molar-refractivity contribution in [3.63, 3.8) is 0 Å². The Labute approximate surface area is 211 Å². The summed E-state index contributed by atoms with van der Waals surface area (Å²) >= 11 is 0. The smallest absolute Gasteiger partial charge is 0.329 e. The molecule has 2 N–H and O–H groups in total. The van der Waals surface area contributed by atoms with Crippen LogP contribution in [-0.4, -0.2) is 46.5 Å². The highest BCUT2D eigenvalue weighted by Crippen LogP contribution is 2.21. The fourth-order valence-electron chi connectivity index (χ4n) is 4.75. The molecule has 0 atom stereocenters. The second-order valence-corrected chi connectivity index (χ2v) is 9.36. The molecule has 0 aliphatic carbocycles. The largest absolute Gasteiger partial charge is 0.368 e. The lowest BCUT2D eigenvalue weighted by atomic mass is 10.1. The van der Waals surface area contributed by atoms with E-state index in [1.54, 1.807) is 0 Å². The Balaban J connectivity index is 1.30. The molecule has 0 unspecified atom stereocenters. The molecule has 8 nitrogen and oxygen atoms in total. The van der Waals surface area contributed by atoms with Crippen LogP contribution in [0.4, 0.5) is 17.2 Å². The standard InChI is InChI=1S/C28H35N5O3/c1-4-22-18-23(12-11-20(22)2)29-25-19-27(35)33(28(36)30-25)13-7-10-26(34)32-16-14-31(15-17-32)24-9-6-5-8-21(24)3/h5-6,8-9,11-12,18-19,29H,4,7,10,13-17H2,1-3H3,(H,30,36). The minimum absolute atomic E-state index is 0.0632. The number of hydrogen-bond acceptors (Lipinski definition) is 5. The van der Waals surface area contributed by atoms with E-state index in [0.717, 1.165) is 29.8 Å². The normalized spacial score (nSPS) is 13.6. The van der Waals surface area contributed by atoms with Crippen molar-refractivity contribution in [2.75, 3.05) is 36.4 Å². The Bertz CT molecular complexity index is 1300. The molecule has 0 bridgehead atoms. The number of benzene rings is 2. The van der Waals surface area contributed by atoms with Gasteiger partial charge in [0.25, 0.3) is 5.56 Å². The summed E-state index contributed by atoms with van der Waals surface area (Å²) in [5.74, 6) is 0.419. The maximum absolute atomic E-state index is 12.7. The zero-order valence-electron chi connectivity index (χ0n) is 21.3. The summed E-state index contributed by atoms with van der Waals surface area (Å²) in [5, 5.41) is 3.12. The fourth-order valence-corrected chi connectivity index (χ4v) is 4.75. The number of amides is 1. The van der Waals surface area contributed by atoms with E-state index in [1.807, 2.05) is 35.2 Å². The molecule has 4 rings (SSSR count). The van der Waals surface area contributed by atoms with Gasteiger partial charge in [-0.3, -0.25) is 19.1 Å². The Kier molecular flexibility index (Phi) is 7.93. The lowest BCUT2D eigenvalue weighted by Gasteiger charge is -2.37. The van der Waals surface area contributed by atoms with Gasteiger partial charge in [-0.2, -0.15) is 0 Å². The maximum atomic E-state index is 12.7. The molecule has 0 radical (unpaired) electrons. The van der Waals surface area contributed by atoms with Crippen LogP contribution in [0.5, 0.6) is 0 Å². The van der Waals surface area contributed by atoms with Crippen molar-refractivity contribution in [1.82, 2.24) is 14.5 Å². The van der Waals surface area contributed by atoms with Gasteiger partial charge in [0.2, 0.25) is 5.91 Å². The molecule has 2 aromatic carbocycles. The number of nitrogens with one attached hydrogen (secondary N) is 2. The van der Waals surface area contributed by atoms with Gasteiger partial charge in [-0.15, -0.1) is 0 Å². The molecular formula is C28H35N5O3. The predicted octanol–water partition coefficient (Wildman–Crippen LogP) is 3.59. The molecule has 1 fully saturated rings. The van der Waals surface area contributed by atoms with E-state index >= 15 is 0 Å². The van der Waals surface area contributed by atoms with E-state index in [9.17, 15) is 14.4 Å². The predicted molar refractivity (Wildman–Crippen MR) is 144 cm³/mol. The Morgan fingerprint density at radius 2 is 1.72 bits per heavy atom. The van der Waals surface area contributed by atoms with Crippen LogP contribution in [0.15, 0.2) is 58.1 Å². The third-order valence-corrected chi connectivity index (χ3v) is 6.89. The SMILES string of the molecule is CCc1cc(Nc2cc(=O)n(CCCC(=O)N3CCN(c4ccccc4C)CC3)c(=O)[nH]2)ccc1C. The number of aryl methyl sites for hydroxylation is 3. The van der Waals surface area contributed by atoms with E-state index in [0.29, 0.717) is 31.7 Å². The molecule has 1 aromatic heterocycles. The number of nitrogens with zero attached hydrogens (tertiary/aromatic N) is 3. The topological polar surface area (TPSA) is 90.4 Å². The summed E-state index contributed by atoms with van der Waals surface area (Å²) in [7, 11) is 0. The van der Waals surface area contributed by atoms with Crippen LogP contribution in [0.25, 0.3) is 0 Å². The molecule has 0 spiro atoms. The quantitative estimate of drug-likeness (QED) is 0.505. The van der Waals surface area contributed by atoms with Crippen LogP contribution >= 0.6 is 0 Å². The van der Waals surface area contributed by atoms with Crippen LogP contribution < -0.4 is 21.5 Å². The Morgan fingerprint density at radius 3 is 2.42 bits per heavy atom. The van der Waals surface area contributed by atoms with Gasteiger partial charge < -0.3 is 15.1 Å². The first-order valence-electron chi connectivity index (χ1n) is 12.6. The first-order chi connectivity index (χ1) is 17.4. The summed E-state index contributed by atoms with van der Waals surface area (Å²) in [6.45, 7) is 9.39. The molecule has 1 aliphatic rings. The molecule has 36 heavy (non-hydrogen) atoms. The highest BCUT2D eigenvalue weighted by atomic mass is 16.2. The fraction of sp³-hybridized carbons (Fsp3) is 0.393. The molecule has 1 amide bonds. The number of aromatic amines is 1. The summed E-state index contributed by atoms with van der Waals surface area (Å²) < 4.78 is 1.15. The number of aromatic nitrogens is 2. The highest BCUT2D eigenvalue weighted by molar-refractivity contribution is 5.76. The molecule has 2 heterocycles. The van der Waals surface area contributed by atoms with Crippen molar-refractivity contribution < 1.29 is 4.79 Å². The second-order valence-electron chi connectivity index (χ2n) is 9.36. The molecule has 1 aliphatic heterocycles. The zero-order chi connectivity index (χ0) is 25.7. The minimum Gasteiger partial charge on any atom is -0.368 e. The number of piperazine rings is 1. The van der Waals surface area contributed by atoms with Crippen LogP contribution in [0.1, 0.15) is 36.5 Å². The highest BCUT2D eigenvalue weighted by Gasteiger charge is 2.21. The van der Waals surface area contributed by atoms with Crippen LogP contribution in [0, 0.1) is 13.8 Å². The Hall–Kier alpha value is -3.81. The maximum Gasteiger partial charge on any atom is 0.329 e. The number of rotatable bonds is 8. The summed E-state index contributed by atoms with van der Waals surface area (Å²) in [5.41, 5.74) is 4.81. The number of carbonyl (C=O) groups excluding carboxylic acids is 1. The van der Waals surface area contributed by atoms with E-state index in [-0.39, 0.29) is 18.0 Å². The van der Waals surface area contributed by atoms with Gasteiger partial charge in [0, 0.05) is 56.6 Å². The third-order valence-electron chi connectivity index (χ3n) is 6.89. The number of anilines is 3. The van der Waals surface area contributed by atoms with Gasteiger partial charge in [0.15, 0.2) is 0 Å². The number of hydrogen-bond donors (Lipinski definition) is 2. The number of para-hydroxylation sites is 1. The second kappa shape index (κ2) is 11.3. The summed E-state index contributed by atoms with van der Waals surface area (Å²) in [6.07, 6.45) is 1.64. The lowest BCUT2D eigenvalue weighted by molar-refractivity contribution is -0.131. The zero-order valence-corrected chi connectivity index (χ0v) is 21.3. The van der Waals surface area contributed by atoms with Gasteiger partial charge in [-0.25, -0.2) is 4.79 Å². The summed E-state index contributed by atoms with van der Waals surface area (Å²) in [4.78, 5) is 44.8. The molecule has 1 saturated heterocycles. The van der Waals surface area contributed by atoms with Crippen molar-refractivity contribution in [3.8, 4) is 0 Å². The number of H-pyrrole nitrogens is 1. The van der Waals surface area contributed by atoms with E-state index in [1.165, 1.54) is 28.4 Å². The molecule has 190 valence electrons. The monoisotopic (exact) mass is 489 g/mol. The van der Waals surface area contributed by atoms with E-state index in [2.05, 4.69) is 48.1 Å². The molecular weight excluding hydrogens is 454 g/mol. The minimum atomic E-state index is -0.480. The number of carbonyl (C=O) groups is 1. The van der Waals surface area contributed by atoms with Crippen molar-refractivity contribution in [1.29, 1.82) is 0 Å². The van der Waals surface area contributed by atoms with Gasteiger partial charge in [0.05, 0.1) is 0 Å². The van der Waals surface area contributed by atoms with Crippen LogP contribution in [0.2, 0.25) is 0 Å². The average molecular weight is 490 g/mol. The van der Waals surface area contributed by atoms with Crippen molar-refractivity contribution in [2.45, 2.75) is 46.6 Å². The first-order valence-corrected chi connectivity index (χ1v) is 12.6. The van der Waals surface area contributed by atoms with Gasteiger partial charge in [-0.05, 0) is 61.6 Å². The molecule has 8 heteroatoms. The van der Waals surface area contributed by atoms with Gasteiger partial charge in [-0.1, -0.05) is 31.2 Å². The van der Waals surface area contributed by atoms with Crippen molar-refractivity contribution in [3.05, 3.63) is 86.1 Å². The first kappa shape index (κ1) is 25.3. The van der Waals surface area contributed by atoms with E-state index in [4.69, 9.17) is 0 Å². The average Bonchev–Trinajstić information content (AvgIpc) is 2.87. The van der Waals surface area contributed by atoms with Crippen LogP contribution in [-0.2, 0) is 17.8 Å². The van der Waals surface area contributed by atoms with E-state index < -0.39 is 5.69 Å². The lowest BCUT2D eigenvalue weighted by Crippen LogP contribution is -2.49. The van der Waals surface area contributed by atoms with Crippen molar-refractivity contribution >= 4 is 23.1 Å². The van der Waals surface area contributed by atoms with Gasteiger partial charge >= 0.3 is 5.69 Å². The van der Waals surface area contributed by atoms with Crippen LogP contribution in [0.3, 0.4) is 0 Å². The van der Waals surface area contributed by atoms with Crippen molar-refractivity contribution in [2.24, 2.45) is 0 Å². The van der Waals surface area contributed by atoms with Gasteiger partial charge in [0.1, 0.15) is 5.82 Å². The summed E-state index contributed by atoms with van der Waals surface area (Å²) in [6, 6.07) is 15.6. The molecule has 0 saturated carbocycles. The third kappa shape index (κ3) is 5.87.